The summed E-state index contributed by atoms with van der Waals surface area (Å²) in [6.07, 6.45) is 3.98. The number of hydrogen-bond acceptors (Lipinski definition) is 8. The minimum atomic E-state index is -1.44. The van der Waals surface area contributed by atoms with Crippen LogP contribution in [0.15, 0.2) is 12.5 Å². The summed E-state index contributed by atoms with van der Waals surface area (Å²) >= 11 is 1.47. The second kappa shape index (κ2) is 14.6. The Balaban J connectivity index is 2.90. The van der Waals surface area contributed by atoms with E-state index in [1.807, 2.05) is 20.1 Å². The molecule has 192 valence electrons. The summed E-state index contributed by atoms with van der Waals surface area (Å²) in [4.78, 5) is 56.3. The monoisotopic (exact) mass is 500 g/mol. The van der Waals surface area contributed by atoms with E-state index in [0.29, 0.717) is 17.9 Å². The second-order valence-electron chi connectivity index (χ2n) is 8.49. The van der Waals surface area contributed by atoms with Gasteiger partial charge in [0.05, 0.1) is 18.5 Å². The summed E-state index contributed by atoms with van der Waals surface area (Å²) in [5, 5.41) is 27.0. The molecule has 3 amide bonds. The smallest absolute Gasteiger partial charge is 0.326 e. The van der Waals surface area contributed by atoms with Crippen LogP contribution in [0.1, 0.15) is 39.3 Å². The lowest BCUT2D eigenvalue weighted by Gasteiger charge is -2.26. The predicted octanol–water partition coefficient (Wildman–Crippen LogP) is -1.00. The molecule has 0 aliphatic heterocycles. The molecular weight excluding hydrogens is 464 g/mol. The van der Waals surface area contributed by atoms with E-state index >= 15 is 0 Å². The summed E-state index contributed by atoms with van der Waals surface area (Å²) in [5.41, 5.74) is 6.40. The number of carbonyl (C=O) groups excluding carboxylic acids is 3. The van der Waals surface area contributed by atoms with Crippen LogP contribution in [0.25, 0.3) is 0 Å². The zero-order valence-electron chi connectivity index (χ0n) is 19.9. The first-order valence-corrected chi connectivity index (χ1v) is 12.4. The molecule has 0 aromatic carbocycles. The number of imidazole rings is 1. The third kappa shape index (κ3) is 10.1. The number of rotatable bonds is 15. The number of aliphatic hydroxyl groups excluding tert-OH is 1. The molecular formula is C21H36N6O6S. The van der Waals surface area contributed by atoms with Gasteiger partial charge in [-0.3, -0.25) is 14.4 Å². The first-order chi connectivity index (χ1) is 16.0. The topological polar surface area (TPSA) is 200 Å². The number of carboxylic acid groups (broad SMARTS) is 1. The molecule has 0 radical (unpaired) electrons. The van der Waals surface area contributed by atoms with E-state index < -0.39 is 54.0 Å². The number of carboxylic acids is 1. The zero-order valence-corrected chi connectivity index (χ0v) is 20.7. The number of aliphatic carboxylic acids is 1. The van der Waals surface area contributed by atoms with Gasteiger partial charge in [0.2, 0.25) is 17.7 Å². The van der Waals surface area contributed by atoms with E-state index in [4.69, 9.17) is 5.73 Å². The van der Waals surface area contributed by atoms with Crippen LogP contribution in [-0.4, -0.2) is 86.2 Å². The number of amides is 3. The number of carbonyl (C=O) groups is 4. The van der Waals surface area contributed by atoms with Gasteiger partial charge >= 0.3 is 5.97 Å². The van der Waals surface area contributed by atoms with Gasteiger partial charge in [-0.25, -0.2) is 9.78 Å². The van der Waals surface area contributed by atoms with Crippen LogP contribution in [0.2, 0.25) is 0 Å². The number of nitrogens with two attached hydrogens (primary N) is 1. The van der Waals surface area contributed by atoms with E-state index in [1.165, 1.54) is 31.2 Å². The highest BCUT2D eigenvalue weighted by Gasteiger charge is 2.32. The van der Waals surface area contributed by atoms with Crippen molar-refractivity contribution in [2.24, 2.45) is 11.7 Å². The summed E-state index contributed by atoms with van der Waals surface area (Å²) in [6.45, 7) is 5.14. The van der Waals surface area contributed by atoms with Crippen LogP contribution in [0.4, 0.5) is 0 Å². The Morgan fingerprint density at radius 2 is 1.74 bits per heavy atom. The van der Waals surface area contributed by atoms with Crippen LogP contribution in [0.5, 0.6) is 0 Å². The highest BCUT2D eigenvalue weighted by molar-refractivity contribution is 7.98. The van der Waals surface area contributed by atoms with Crippen molar-refractivity contribution >= 4 is 35.5 Å². The normalized spacial score (nSPS) is 15.6. The molecule has 0 aliphatic rings. The summed E-state index contributed by atoms with van der Waals surface area (Å²) < 4.78 is 0. The lowest BCUT2D eigenvalue weighted by molar-refractivity contribution is -0.143. The van der Waals surface area contributed by atoms with E-state index in [2.05, 4.69) is 25.9 Å². The third-order valence-corrected chi connectivity index (χ3v) is 5.61. The molecule has 1 aromatic rings. The molecule has 1 heterocycles. The molecule has 0 saturated heterocycles. The van der Waals surface area contributed by atoms with E-state index in [1.54, 1.807) is 0 Å². The first kappa shape index (κ1) is 29.4. The van der Waals surface area contributed by atoms with Gasteiger partial charge in [0.25, 0.3) is 0 Å². The van der Waals surface area contributed by atoms with Gasteiger partial charge in [-0.15, -0.1) is 0 Å². The lowest BCUT2D eigenvalue weighted by Crippen LogP contribution is -2.60. The molecule has 0 aliphatic carbocycles. The van der Waals surface area contributed by atoms with Gasteiger partial charge in [-0.1, -0.05) is 13.8 Å². The predicted molar refractivity (Wildman–Crippen MR) is 128 cm³/mol. The Hall–Kier alpha value is -2.64. The fourth-order valence-corrected chi connectivity index (χ4v) is 3.61. The number of H-pyrrole nitrogens is 1. The van der Waals surface area contributed by atoms with Gasteiger partial charge in [-0.2, -0.15) is 11.8 Å². The zero-order chi connectivity index (χ0) is 25.8. The number of aromatic nitrogens is 2. The Bertz CT molecular complexity index is 804. The van der Waals surface area contributed by atoms with Crippen molar-refractivity contribution in [3.63, 3.8) is 0 Å². The molecule has 1 aromatic heterocycles. The van der Waals surface area contributed by atoms with E-state index in [-0.39, 0.29) is 18.8 Å². The third-order valence-electron chi connectivity index (χ3n) is 4.96. The second-order valence-corrected chi connectivity index (χ2v) is 9.47. The average molecular weight is 501 g/mol. The largest absolute Gasteiger partial charge is 0.480 e. The highest BCUT2D eigenvalue weighted by Crippen LogP contribution is 2.07. The quantitative estimate of drug-likeness (QED) is 0.158. The van der Waals surface area contributed by atoms with Crippen LogP contribution in [0.3, 0.4) is 0 Å². The molecule has 5 atom stereocenters. The molecule has 5 unspecified atom stereocenters. The minimum absolute atomic E-state index is 0.0678. The first-order valence-electron chi connectivity index (χ1n) is 11.0. The van der Waals surface area contributed by atoms with Gasteiger partial charge in [-0.05, 0) is 37.7 Å². The molecule has 13 heteroatoms. The fourth-order valence-electron chi connectivity index (χ4n) is 3.14. The van der Waals surface area contributed by atoms with Gasteiger partial charge < -0.3 is 36.9 Å². The van der Waals surface area contributed by atoms with Gasteiger partial charge in [0, 0.05) is 18.3 Å². The van der Waals surface area contributed by atoms with Gasteiger partial charge in [0.15, 0.2) is 0 Å². The summed E-state index contributed by atoms with van der Waals surface area (Å²) in [6, 6.07) is -4.52. The van der Waals surface area contributed by atoms with Crippen LogP contribution in [0, 0.1) is 5.92 Å². The van der Waals surface area contributed by atoms with Crippen molar-refractivity contribution in [2.45, 2.75) is 70.3 Å². The SMILES string of the molecule is CSCCC(NC(=O)C(N)CC(C)C)C(=O)NC(C(=O)NC(Cc1cnc[nH]1)C(=O)O)C(C)O. The Morgan fingerprint density at radius 1 is 1.09 bits per heavy atom. The van der Waals surface area contributed by atoms with Gasteiger partial charge in [0.1, 0.15) is 18.1 Å². The van der Waals surface area contributed by atoms with Crippen LogP contribution < -0.4 is 21.7 Å². The molecule has 0 fully saturated rings. The van der Waals surface area contributed by atoms with E-state index in [9.17, 15) is 29.4 Å². The molecule has 12 nitrogen and oxygen atoms in total. The van der Waals surface area contributed by atoms with Crippen molar-refractivity contribution in [3.05, 3.63) is 18.2 Å². The maximum atomic E-state index is 12.9. The molecule has 1 rings (SSSR count). The summed E-state index contributed by atoms with van der Waals surface area (Å²) in [5.74, 6) is -2.59. The number of thioether (sulfide) groups is 1. The molecule has 0 bridgehead atoms. The van der Waals surface area contributed by atoms with Crippen molar-refractivity contribution < 1.29 is 29.4 Å². The molecule has 8 N–H and O–H groups in total. The number of hydrogen-bond donors (Lipinski definition) is 7. The Kier molecular flexibility index (Phi) is 12.6. The molecule has 0 spiro atoms. The fraction of sp³-hybridized carbons (Fsp3) is 0.667. The van der Waals surface area contributed by atoms with Crippen molar-refractivity contribution in [2.75, 3.05) is 12.0 Å². The standard InChI is InChI=1S/C21H36N6O6S/c1-11(2)7-14(22)18(29)25-15(5-6-34-4)19(30)27-17(12(3)28)20(31)26-16(21(32)33)8-13-9-23-10-24-13/h9-12,14-17,28H,5-8,22H2,1-4H3,(H,23,24)(H,25,29)(H,26,31)(H,27,30)(H,32,33). The number of aromatic amines is 1. The Labute approximate surface area is 203 Å². The lowest BCUT2D eigenvalue weighted by atomic mass is 10.0. The van der Waals surface area contributed by atoms with E-state index in [0.717, 1.165) is 0 Å². The van der Waals surface area contributed by atoms with Crippen molar-refractivity contribution in [3.8, 4) is 0 Å². The number of aliphatic hydroxyl groups is 1. The average Bonchev–Trinajstić information content (AvgIpc) is 3.26. The molecule has 0 saturated carbocycles. The maximum Gasteiger partial charge on any atom is 0.326 e. The maximum absolute atomic E-state index is 12.9. The Morgan fingerprint density at radius 3 is 2.24 bits per heavy atom. The highest BCUT2D eigenvalue weighted by atomic mass is 32.2. The van der Waals surface area contributed by atoms with Crippen LogP contribution >= 0.6 is 11.8 Å². The van der Waals surface area contributed by atoms with Crippen molar-refractivity contribution in [1.29, 1.82) is 0 Å². The number of nitrogens with one attached hydrogen (secondary N) is 4. The molecule has 34 heavy (non-hydrogen) atoms. The summed E-state index contributed by atoms with van der Waals surface area (Å²) in [7, 11) is 0. The minimum Gasteiger partial charge on any atom is -0.480 e. The van der Waals surface area contributed by atoms with Crippen molar-refractivity contribution in [1.82, 2.24) is 25.9 Å². The van der Waals surface area contributed by atoms with Crippen LogP contribution in [-0.2, 0) is 25.6 Å². The number of nitrogens with zero attached hydrogens (tertiary/aromatic N) is 1.